The summed E-state index contributed by atoms with van der Waals surface area (Å²) in [4.78, 5) is 33.1. The molecule has 0 radical (unpaired) electrons. The third kappa shape index (κ3) is 4.74. The molecular weight excluding hydrogens is 328 g/mol. The van der Waals surface area contributed by atoms with Crippen LogP contribution in [0, 0.1) is 11.8 Å². The molecule has 2 fully saturated rings. The van der Waals surface area contributed by atoms with Gasteiger partial charge in [0.25, 0.3) is 0 Å². The lowest BCUT2D eigenvalue weighted by Gasteiger charge is -2.36. The lowest BCUT2D eigenvalue weighted by Crippen LogP contribution is -2.50. The summed E-state index contributed by atoms with van der Waals surface area (Å²) in [6.45, 7) is 7.21. The molecule has 3 rings (SSSR count). The molecule has 0 atom stereocenters. The van der Waals surface area contributed by atoms with Gasteiger partial charge >= 0.3 is 0 Å². The molecule has 0 aromatic carbocycles. The highest BCUT2D eigenvalue weighted by Gasteiger charge is 2.29. The van der Waals surface area contributed by atoms with Crippen molar-refractivity contribution in [3.8, 4) is 0 Å². The summed E-state index contributed by atoms with van der Waals surface area (Å²) < 4.78 is 0. The number of hydrogen-bond acceptors (Lipinski definition) is 4. The summed E-state index contributed by atoms with van der Waals surface area (Å²) in [5.41, 5.74) is 0.731. The first-order valence-electron chi connectivity index (χ1n) is 9.82. The van der Waals surface area contributed by atoms with Gasteiger partial charge in [-0.15, -0.1) is 0 Å². The Bertz CT molecular complexity index is 615. The Kier molecular flexibility index (Phi) is 6.12. The minimum atomic E-state index is 0.0218. The number of nitrogens with one attached hydrogen (secondary N) is 1. The lowest BCUT2D eigenvalue weighted by atomic mass is 10.1. The fourth-order valence-corrected chi connectivity index (χ4v) is 3.82. The lowest BCUT2D eigenvalue weighted by molar-refractivity contribution is -0.135. The van der Waals surface area contributed by atoms with E-state index in [9.17, 15) is 9.59 Å². The highest BCUT2D eigenvalue weighted by molar-refractivity contribution is 5.90. The van der Waals surface area contributed by atoms with Gasteiger partial charge in [-0.1, -0.05) is 26.7 Å². The summed E-state index contributed by atoms with van der Waals surface area (Å²) in [6, 6.07) is 3.84. The quantitative estimate of drug-likeness (QED) is 0.879. The molecule has 26 heavy (non-hydrogen) atoms. The molecule has 0 bridgehead atoms. The van der Waals surface area contributed by atoms with Crippen molar-refractivity contribution in [1.29, 1.82) is 0 Å². The van der Waals surface area contributed by atoms with E-state index >= 15 is 0 Å². The van der Waals surface area contributed by atoms with Crippen LogP contribution in [-0.2, 0) is 9.59 Å². The molecular formula is C20H30N4O2. The van der Waals surface area contributed by atoms with Gasteiger partial charge in [0, 0.05) is 38.5 Å². The zero-order chi connectivity index (χ0) is 18.5. The van der Waals surface area contributed by atoms with Gasteiger partial charge in [0.15, 0.2) is 0 Å². The van der Waals surface area contributed by atoms with Crippen molar-refractivity contribution in [2.45, 2.75) is 46.0 Å². The first kappa shape index (κ1) is 18.7. The second kappa shape index (κ2) is 8.52. The topological polar surface area (TPSA) is 65.5 Å². The molecule has 1 aliphatic heterocycles. The Labute approximate surface area is 156 Å². The van der Waals surface area contributed by atoms with Gasteiger partial charge < -0.3 is 15.1 Å². The fourth-order valence-electron chi connectivity index (χ4n) is 3.82. The second-order valence-corrected chi connectivity index (χ2v) is 7.84. The number of piperazine rings is 1. The number of rotatable bonds is 5. The van der Waals surface area contributed by atoms with Gasteiger partial charge in [-0.25, -0.2) is 4.98 Å². The Balaban J connectivity index is 1.49. The van der Waals surface area contributed by atoms with Crippen LogP contribution in [0.5, 0.6) is 0 Å². The van der Waals surface area contributed by atoms with E-state index in [0.717, 1.165) is 50.5 Å². The van der Waals surface area contributed by atoms with Gasteiger partial charge in [-0.2, -0.15) is 0 Å². The van der Waals surface area contributed by atoms with Gasteiger partial charge in [-0.05, 0) is 30.9 Å². The molecule has 2 amide bonds. The van der Waals surface area contributed by atoms with E-state index < -0.39 is 0 Å². The third-order valence-corrected chi connectivity index (χ3v) is 5.25. The molecule has 0 unspecified atom stereocenters. The maximum absolute atomic E-state index is 12.5. The highest BCUT2D eigenvalue weighted by Crippen LogP contribution is 2.27. The minimum Gasteiger partial charge on any atom is -0.353 e. The average Bonchev–Trinajstić information content (AvgIpc) is 3.16. The van der Waals surface area contributed by atoms with Crippen molar-refractivity contribution in [3.63, 3.8) is 0 Å². The zero-order valence-electron chi connectivity index (χ0n) is 15.9. The number of hydrogen-bond donors (Lipinski definition) is 1. The first-order chi connectivity index (χ1) is 12.5. The van der Waals surface area contributed by atoms with Gasteiger partial charge in [0.1, 0.15) is 5.82 Å². The summed E-state index contributed by atoms with van der Waals surface area (Å²) >= 11 is 0. The smallest absolute Gasteiger partial charge is 0.225 e. The predicted molar refractivity (Wildman–Crippen MR) is 103 cm³/mol. The fraction of sp³-hybridized carbons (Fsp3) is 0.650. The monoisotopic (exact) mass is 358 g/mol. The van der Waals surface area contributed by atoms with Gasteiger partial charge in [-0.3, -0.25) is 9.59 Å². The van der Waals surface area contributed by atoms with Crippen LogP contribution in [0.1, 0.15) is 46.0 Å². The van der Waals surface area contributed by atoms with Crippen LogP contribution in [0.3, 0.4) is 0 Å². The largest absolute Gasteiger partial charge is 0.353 e. The van der Waals surface area contributed by atoms with E-state index in [-0.39, 0.29) is 11.8 Å². The number of aromatic nitrogens is 1. The number of pyridine rings is 1. The van der Waals surface area contributed by atoms with Gasteiger partial charge in [0.05, 0.1) is 11.9 Å². The highest BCUT2D eigenvalue weighted by atomic mass is 16.2. The van der Waals surface area contributed by atoms with Gasteiger partial charge in [0.2, 0.25) is 11.8 Å². The second-order valence-electron chi connectivity index (χ2n) is 7.84. The Morgan fingerprint density at radius 2 is 1.85 bits per heavy atom. The molecule has 2 aliphatic rings. The maximum Gasteiger partial charge on any atom is 0.225 e. The van der Waals surface area contributed by atoms with Crippen LogP contribution in [-0.4, -0.2) is 47.9 Å². The molecule has 1 aromatic rings. The van der Waals surface area contributed by atoms with Crippen LogP contribution in [0.15, 0.2) is 18.3 Å². The molecule has 1 saturated carbocycles. The van der Waals surface area contributed by atoms with Crippen molar-refractivity contribution in [2.24, 2.45) is 11.8 Å². The van der Waals surface area contributed by atoms with Crippen molar-refractivity contribution in [1.82, 2.24) is 9.88 Å². The number of anilines is 2. The average molecular weight is 358 g/mol. The Morgan fingerprint density at radius 3 is 2.42 bits per heavy atom. The summed E-state index contributed by atoms with van der Waals surface area (Å²) in [5, 5.41) is 2.88. The molecule has 142 valence electrons. The van der Waals surface area contributed by atoms with Crippen molar-refractivity contribution in [2.75, 3.05) is 36.4 Å². The molecule has 1 saturated heterocycles. The minimum absolute atomic E-state index is 0.0218. The zero-order valence-corrected chi connectivity index (χ0v) is 15.9. The van der Waals surface area contributed by atoms with Crippen molar-refractivity contribution in [3.05, 3.63) is 18.3 Å². The standard InChI is InChI=1S/C20H30N4O2/c1-15(2)13-19(25)22-17-7-8-18(21-14-17)23-9-11-24(12-10-23)20(26)16-5-3-4-6-16/h7-8,14-16H,3-6,9-13H2,1-2H3,(H,22,25). The van der Waals surface area contributed by atoms with E-state index in [0.29, 0.717) is 18.2 Å². The van der Waals surface area contributed by atoms with Crippen molar-refractivity contribution < 1.29 is 9.59 Å². The van der Waals surface area contributed by atoms with Crippen LogP contribution in [0.25, 0.3) is 0 Å². The van der Waals surface area contributed by atoms with Crippen molar-refractivity contribution >= 4 is 23.3 Å². The van der Waals surface area contributed by atoms with Crippen LogP contribution in [0.2, 0.25) is 0 Å². The maximum atomic E-state index is 12.5. The van der Waals surface area contributed by atoms with E-state index in [2.05, 4.69) is 15.2 Å². The molecule has 0 spiro atoms. The SMILES string of the molecule is CC(C)CC(=O)Nc1ccc(N2CCN(C(=O)C3CCCC3)CC2)nc1. The Hall–Kier alpha value is -2.11. The molecule has 6 nitrogen and oxygen atoms in total. The normalized spacial score (nSPS) is 18.4. The molecule has 1 aliphatic carbocycles. The van der Waals surface area contributed by atoms with Crippen LogP contribution in [0.4, 0.5) is 11.5 Å². The van der Waals surface area contributed by atoms with Crippen LogP contribution < -0.4 is 10.2 Å². The van der Waals surface area contributed by atoms with Crippen LogP contribution >= 0.6 is 0 Å². The number of carbonyl (C=O) groups excluding carboxylic acids is 2. The predicted octanol–water partition coefficient (Wildman–Crippen LogP) is 2.91. The van der Waals surface area contributed by atoms with E-state index in [1.165, 1.54) is 12.8 Å². The summed E-state index contributed by atoms with van der Waals surface area (Å²) in [6.07, 6.45) is 6.73. The first-order valence-corrected chi connectivity index (χ1v) is 9.82. The summed E-state index contributed by atoms with van der Waals surface area (Å²) in [7, 11) is 0. The number of carbonyl (C=O) groups is 2. The Morgan fingerprint density at radius 1 is 1.15 bits per heavy atom. The molecule has 1 N–H and O–H groups in total. The summed E-state index contributed by atoms with van der Waals surface area (Å²) in [5.74, 6) is 1.87. The number of nitrogens with zero attached hydrogens (tertiary/aromatic N) is 3. The van der Waals surface area contributed by atoms with E-state index in [4.69, 9.17) is 0 Å². The molecule has 2 heterocycles. The molecule has 1 aromatic heterocycles. The van der Waals surface area contributed by atoms with E-state index in [1.54, 1.807) is 6.20 Å². The van der Waals surface area contributed by atoms with E-state index in [1.807, 2.05) is 30.9 Å². The molecule has 6 heteroatoms. The third-order valence-electron chi connectivity index (χ3n) is 5.25. The number of amides is 2.